The number of nitrogens with one attached hydrogen (secondary N) is 6. The van der Waals surface area contributed by atoms with Gasteiger partial charge in [-0.15, -0.1) is 0 Å². The van der Waals surface area contributed by atoms with Crippen molar-refractivity contribution >= 4 is 23.6 Å². The molecule has 0 radical (unpaired) electrons. The fourth-order valence-corrected chi connectivity index (χ4v) is 3.70. The Balaban J connectivity index is 2.37. The van der Waals surface area contributed by atoms with Gasteiger partial charge in [-0.1, -0.05) is 13.8 Å². The van der Waals surface area contributed by atoms with E-state index in [4.69, 9.17) is 0 Å². The zero-order valence-corrected chi connectivity index (χ0v) is 18.8. The van der Waals surface area contributed by atoms with Crippen LogP contribution in [0.2, 0.25) is 0 Å². The molecule has 2 aromatic heterocycles. The molecular formula is C21H30N6O4. The lowest BCUT2D eigenvalue weighted by Crippen LogP contribution is -2.40. The van der Waals surface area contributed by atoms with Gasteiger partial charge in [0.25, 0.3) is 11.8 Å². The molecule has 0 saturated carbocycles. The topological polar surface area (TPSA) is 148 Å². The summed E-state index contributed by atoms with van der Waals surface area (Å²) >= 11 is 0. The molecule has 10 nitrogen and oxygen atoms in total. The molecule has 31 heavy (non-hydrogen) atoms. The van der Waals surface area contributed by atoms with Crippen molar-refractivity contribution in [1.29, 1.82) is 0 Å². The van der Waals surface area contributed by atoms with Crippen LogP contribution in [0.15, 0.2) is 0 Å². The average Bonchev–Trinajstić information content (AvgIpc) is 3.20. The molecule has 0 aliphatic heterocycles. The average molecular weight is 431 g/mol. The van der Waals surface area contributed by atoms with E-state index in [0.29, 0.717) is 30.7 Å². The van der Waals surface area contributed by atoms with E-state index in [0.717, 1.165) is 33.6 Å². The number of rotatable bonds is 6. The van der Waals surface area contributed by atoms with Gasteiger partial charge < -0.3 is 9.97 Å². The van der Waals surface area contributed by atoms with Gasteiger partial charge in [-0.25, -0.2) is 0 Å². The maximum atomic E-state index is 12.4. The Morgan fingerprint density at radius 3 is 1.32 bits per heavy atom. The second-order valence-corrected chi connectivity index (χ2v) is 7.32. The maximum absolute atomic E-state index is 12.4. The van der Waals surface area contributed by atoms with Crippen LogP contribution in [0.1, 0.15) is 82.3 Å². The van der Waals surface area contributed by atoms with Crippen LogP contribution < -0.4 is 21.7 Å². The zero-order valence-electron chi connectivity index (χ0n) is 18.8. The van der Waals surface area contributed by atoms with E-state index in [1.54, 1.807) is 0 Å². The molecule has 0 unspecified atom stereocenters. The Morgan fingerprint density at radius 1 is 0.677 bits per heavy atom. The van der Waals surface area contributed by atoms with E-state index in [2.05, 4.69) is 31.7 Å². The van der Waals surface area contributed by atoms with Crippen molar-refractivity contribution in [2.45, 2.75) is 60.8 Å². The van der Waals surface area contributed by atoms with E-state index in [-0.39, 0.29) is 11.8 Å². The van der Waals surface area contributed by atoms with Crippen LogP contribution in [0.3, 0.4) is 0 Å². The molecule has 0 fully saturated rings. The van der Waals surface area contributed by atoms with E-state index in [9.17, 15) is 19.2 Å². The molecule has 2 rings (SSSR count). The quantitative estimate of drug-likeness (QED) is 0.383. The SMILES string of the molecule is CCc1c(Cc2[nH]c(C(=O)NNC(C)=O)c(C)c2CC)[nH]c(C(=O)NNC(C)=O)c1C. The number of hydrazine groups is 2. The number of aromatic nitrogens is 2. The molecule has 10 heteroatoms. The Morgan fingerprint density at radius 2 is 1.03 bits per heavy atom. The molecule has 0 atom stereocenters. The lowest BCUT2D eigenvalue weighted by atomic mass is 10.0. The van der Waals surface area contributed by atoms with Gasteiger partial charge in [0.2, 0.25) is 11.8 Å². The summed E-state index contributed by atoms with van der Waals surface area (Å²) < 4.78 is 0. The minimum Gasteiger partial charge on any atom is -0.354 e. The predicted molar refractivity (Wildman–Crippen MR) is 115 cm³/mol. The smallest absolute Gasteiger partial charge is 0.286 e. The van der Waals surface area contributed by atoms with E-state index in [1.165, 1.54) is 13.8 Å². The van der Waals surface area contributed by atoms with Crippen LogP contribution in [0.5, 0.6) is 0 Å². The summed E-state index contributed by atoms with van der Waals surface area (Å²) in [6, 6.07) is 0. The second-order valence-electron chi connectivity index (χ2n) is 7.32. The molecule has 0 aromatic carbocycles. The van der Waals surface area contributed by atoms with Gasteiger partial charge in [0.1, 0.15) is 11.4 Å². The predicted octanol–water partition coefficient (Wildman–Crippen LogP) is 1.24. The summed E-state index contributed by atoms with van der Waals surface area (Å²) in [7, 11) is 0. The highest BCUT2D eigenvalue weighted by atomic mass is 16.2. The van der Waals surface area contributed by atoms with Crippen LogP contribution in [-0.2, 0) is 28.9 Å². The van der Waals surface area contributed by atoms with Gasteiger partial charge in [-0.3, -0.25) is 40.9 Å². The highest BCUT2D eigenvalue weighted by Gasteiger charge is 2.22. The number of aromatic amines is 2. The summed E-state index contributed by atoms with van der Waals surface area (Å²) in [5.41, 5.74) is 15.4. The fraction of sp³-hybridized carbons (Fsp3) is 0.429. The van der Waals surface area contributed by atoms with Crippen LogP contribution in [-0.4, -0.2) is 33.6 Å². The van der Waals surface area contributed by atoms with E-state index >= 15 is 0 Å². The van der Waals surface area contributed by atoms with E-state index < -0.39 is 11.8 Å². The molecule has 0 bridgehead atoms. The number of carbonyl (C=O) groups excluding carboxylic acids is 4. The van der Waals surface area contributed by atoms with Crippen molar-refractivity contribution in [3.8, 4) is 0 Å². The minimum absolute atomic E-state index is 0.368. The molecule has 4 amide bonds. The minimum atomic E-state index is -0.428. The maximum Gasteiger partial charge on any atom is 0.286 e. The standard InChI is InChI=1S/C21H30N6O4/c1-7-14-10(3)18(20(30)26-24-12(5)28)22-16(14)9-17-15(8-2)11(4)19(23-17)21(31)27-25-13(6)29/h22-23H,7-9H2,1-6H3,(H,24,28)(H,25,29)(H,26,30)(H,27,31). The zero-order chi connectivity index (χ0) is 23.3. The lowest BCUT2D eigenvalue weighted by Gasteiger charge is -2.05. The molecule has 6 N–H and O–H groups in total. The summed E-state index contributed by atoms with van der Waals surface area (Å²) in [5, 5.41) is 0. The Labute approximate surface area is 180 Å². The molecule has 168 valence electrons. The summed E-state index contributed by atoms with van der Waals surface area (Å²) in [5.74, 6) is -1.59. The third-order valence-electron chi connectivity index (χ3n) is 5.15. The number of hydrogen-bond acceptors (Lipinski definition) is 4. The number of hydrogen-bond donors (Lipinski definition) is 6. The van der Waals surface area contributed by atoms with E-state index in [1.807, 2.05) is 27.7 Å². The van der Waals surface area contributed by atoms with Crippen molar-refractivity contribution in [2.24, 2.45) is 0 Å². The first-order valence-corrected chi connectivity index (χ1v) is 10.1. The van der Waals surface area contributed by atoms with Crippen molar-refractivity contribution in [1.82, 2.24) is 31.7 Å². The van der Waals surface area contributed by atoms with Crippen LogP contribution in [0, 0.1) is 13.8 Å². The van der Waals surface area contributed by atoms with Crippen molar-refractivity contribution in [3.63, 3.8) is 0 Å². The van der Waals surface area contributed by atoms with Crippen LogP contribution in [0.25, 0.3) is 0 Å². The van der Waals surface area contributed by atoms with Crippen molar-refractivity contribution < 1.29 is 19.2 Å². The Bertz CT molecular complexity index is 937. The summed E-state index contributed by atoms with van der Waals surface area (Å²) in [6.07, 6.45) is 1.89. The van der Waals surface area contributed by atoms with Crippen LogP contribution >= 0.6 is 0 Å². The second kappa shape index (κ2) is 9.96. The molecule has 0 aliphatic rings. The third kappa shape index (κ3) is 5.33. The molecular weight excluding hydrogens is 400 g/mol. The van der Waals surface area contributed by atoms with Crippen molar-refractivity contribution in [3.05, 3.63) is 45.0 Å². The first-order valence-electron chi connectivity index (χ1n) is 10.1. The first-order chi connectivity index (χ1) is 14.6. The van der Waals surface area contributed by atoms with Gasteiger partial charge in [-0.2, -0.15) is 0 Å². The first kappa shape index (κ1) is 23.7. The largest absolute Gasteiger partial charge is 0.354 e. The van der Waals surface area contributed by atoms with Gasteiger partial charge in [0.05, 0.1) is 0 Å². The van der Waals surface area contributed by atoms with Crippen molar-refractivity contribution in [2.75, 3.05) is 0 Å². The molecule has 0 spiro atoms. The molecule has 2 heterocycles. The molecule has 2 aromatic rings. The summed E-state index contributed by atoms with van der Waals surface area (Å²) in [6.45, 7) is 10.3. The van der Waals surface area contributed by atoms with Crippen LogP contribution in [0.4, 0.5) is 0 Å². The number of H-pyrrole nitrogens is 2. The fourth-order valence-electron chi connectivity index (χ4n) is 3.70. The molecule has 0 aliphatic carbocycles. The highest BCUT2D eigenvalue weighted by Crippen LogP contribution is 2.26. The van der Waals surface area contributed by atoms with Gasteiger partial charge in [0, 0.05) is 31.7 Å². The van der Waals surface area contributed by atoms with Gasteiger partial charge in [0.15, 0.2) is 0 Å². The third-order valence-corrected chi connectivity index (χ3v) is 5.15. The molecule has 0 saturated heterocycles. The highest BCUT2D eigenvalue weighted by molar-refractivity contribution is 5.96. The summed E-state index contributed by atoms with van der Waals surface area (Å²) in [4.78, 5) is 53.4. The van der Waals surface area contributed by atoms with Gasteiger partial charge in [-0.05, 0) is 48.9 Å². The Hall–Kier alpha value is -3.56. The van der Waals surface area contributed by atoms with Gasteiger partial charge >= 0.3 is 0 Å². The monoisotopic (exact) mass is 430 g/mol. The Kier molecular flexibility index (Phi) is 7.62. The normalized spacial score (nSPS) is 10.5. The lowest BCUT2D eigenvalue weighted by molar-refractivity contribution is -0.120. The number of carbonyl (C=O) groups is 4. The number of amides is 4.